The molecule has 2 aliphatic heterocycles. The van der Waals surface area contributed by atoms with Gasteiger partial charge in [0.15, 0.2) is 23.2 Å². The highest BCUT2D eigenvalue weighted by Crippen LogP contribution is 2.66. The van der Waals surface area contributed by atoms with Crippen LogP contribution >= 0.6 is 23.5 Å². The number of aromatic amines is 1. The quantitative estimate of drug-likeness (QED) is 0.265. The second kappa shape index (κ2) is 9.93. The molecular weight excluding hydrogens is 577 g/mol. The van der Waals surface area contributed by atoms with Crippen LogP contribution in [0.2, 0.25) is 0 Å². The van der Waals surface area contributed by atoms with Crippen molar-refractivity contribution in [1.29, 1.82) is 0 Å². The molecule has 212 valence electrons. The van der Waals surface area contributed by atoms with Gasteiger partial charge in [-0.1, -0.05) is 6.42 Å². The summed E-state index contributed by atoms with van der Waals surface area (Å²) in [6.07, 6.45) is 1.57. The summed E-state index contributed by atoms with van der Waals surface area (Å²) in [5.74, 6) is -0.599. The fourth-order valence-electron chi connectivity index (χ4n) is 4.88. The maximum absolute atomic E-state index is 12.3. The van der Waals surface area contributed by atoms with Crippen molar-refractivity contribution in [1.82, 2.24) is 19.5 Å². The molecule has 1 saturated carbocycles. The molecule has 3 unspecified atom stereocenters. The van der Waals surface area contributed by atoms with Crippen molar-refractivity contribution in [3.63, 3.8) is 0 Å². The normalized spacial score (nSPS) is 30.3. The third-order valence-electron chi connectivity index (χ3n) is 6.25. The second-order valence-electron chi connectivity index (χ2n) is 9.06. The number of rotatable bonds is 8. The van der Waals surface area contributed by atoms with E-state index in [2.05, 4.69) is 23.6 Å². The van der Waals surface area contributed by atoms with E-state index in [1.807, 2.05) is 0 Å². The van der Waals surface area contributed by atoms with Crippen molar-refractivity contribution in [2.24, 2.45) is 0 Å². The summed E-state index contributed by atoms with van der Waals surface area (Å²) in [6, 6.07) is 0. The van der Waals surface area contributed by atoms with Crippen LogP contribution in [-0.4, -0.2) is 69.8 Å². The summed E-state index contributed by atoms with van der Waals surface area (Å²) in [4.78, 5) is 60.0. The lowest BCUT2D eigenvalue weighted by molar-refractivity contribution is -0.232. The number of fused-ring (bicyclic) bond motifs is 2. The molecule has 5 rings (SSSR count). The molecule has 0 radical (unpaired) electrons. The number of imidazole rings is 1. The number of H-pyrrole nitrogens is 1. The van der Waals surface area contributed by atoms with Gasteiger partial charge in [-0.05, 0) is 19.8 Å². The van der Waals surface area contributed by atoms with Gasteiger partial charge in [0.25, 0.3) is 5.56 Å². The minimum Gasteiger partial charge on any atom is -0.347 e. The van der Waals surface area contributed by atoms with Crippen LogP contribution in [0.4, 0.5) is 0 Å². The Morgan fingerprint density at radius 2 is 1.76 bits per heavy atom. The summed E-state index contributed by atoms with van der Waals surface area (Å²) in [5, 5.41) is 0. The van der Waals surface area contributed by atoms with Crippen LogP contribution in [0.5, 0.6) is 0 Å². The molecule has 6 atom stereocenters. The van der Waals surface area contributed by atoms with E-state index in [1.165, 1.54) is 10.9 Å². The molecule has 0 bridgehead atoms. The third kappa shape index (κ3) is 5.88. The van der Waals surface area contributed by atoms with Crippen LogP contribution in [0.1, 0.15) is 44.2 Å². The zero-order valence-corrected chi connectivity index (χ0v) is 22.4. The van der Waals surface area contributed by atoms with E-state index < -0.39 is 66.0 Å². The van der Waals surface area contributed by atoms with Crippen molar-refractivity contribution in [2.75, 3.05) is 6.61 Å². The Morgan fingerprint density at radius 3 is 2.45 bits per heavy atom. The number of hydrogen-bond acceptors (Lipinski definition) is 12. The standard InChI is InChI=1S/C17H25N4O14P3/c1-9-19-14-11(15(22)20-9)18-8-21(14)16-13-12(32-17(33-13)5-3-2-4-6-17)10(31-16)7-30-37(26,27)35-38(28,29)34-36(23,24)25/h8,10,12-13,16H,2-7H2,1H3,(H,26,27)(H,28,29)(H,19,20,22)(H2,23,24,25)/t10-,12+,13?,16-/m1/s1. The fraction of sp³-hybridized carbons (Fsp3) is 0.706. The molecule has 38 heavy (non-hydrogen) atoms. The molecule has 3 aliphatic rings. The molecule has 0 amide bonds. The topological polar surface area (TPSA) is 251 Å². The summed E-state index contributed by atoms with van der Waals surface area (Å²) >= 11 is 0. The highest BCUT2D eigenvalue weighted by Gasteiger charge is 2.59. The number of ether oxygens (including phenoxy) is 3. The number of phosphoric ester groups is 1. The van der Waals surface area contributed by atoms with Crippen molar-refractivity contribution >= 4 is 34.6 Å². The molecule has 2 aromatic rings. The van der Waals surface area contributed by atoms with Crippen molar-refractivity contribution in [2.45, 2.75) is 69.4 Å². The lowest BCUT2D eigenvalue weighted by atomic mass is 9.94. The van der Waals surface area contributed by atoms with E-state index in [9.17, 15) is 28.3 Å². The Bertz CT molecular complexity index is 1420. The Balaban J connectivity index is 1.39. The first-order chi connectivity index (χ1) is 17.7. The number of nitrogens with zero attached hydrogens (tertiary/aromatic N) is 3. The molecule has 3 fully saturated rings. The van der Waals surface area contributed by atoms with Gasteiger partial charge in [0, 0.05) is 12.8 Å². The van der Waals surface area contributed by atoms with Crippen LogP contribution in [0.25, 0.3) is 11.2 Å². The van der Waals surface area contributed by atoms with Crippen LogP contribution < -0.4 is 5.56 Å². The first kappa shape index (κ1) is 28.2. The van der Waals surface area contributed by atoms with Gasteiger partial charge >= 0.3 is 23.5 Å². The van der Waals surface area contributed by atoms with Crippen LogP contribution in [0, 0.1) is 6.92 Å². The molecule has 2 saturated heterocycles. The summed E-state index contributed by atoms with van der Waals surface area (Å²) in [7, 11) is -16.6. The van der Waals surface area contributed by atoms with Gasteiger partial charge in [0.05, 0.1) is 12.9 Å². The van der Waals surface area contributed by atoms with Crippen molar-refractivity contribution in [3.8, 4) is 0 Å². The second-order valence-corrected chi connectivity index (χ2v) is 13.5. The average Bonchev–Trinajstić information content (AvgIpc) is 3.42. The minimum absolute atomic E-state index is 0.0544. The van der Waals surface area contributed by atoms with E-state index >= 15 is 0 Å². The molecule has 5 N–H and O–H groups in total. The predicted octanol–water partition coefficient (Wildman–Crippen LogP) is 1.11. The molecule has 18 nitrogen and oxygen atoms in total. The van der Waals surface area contributed by atoms with Gasteiger partial charge in [0.1, 0.15) is 24.1 Å². The molecular formula is C17H25N4O14P3. The minimum atomic E-state index is -5.69. The lowest BCUT2D eigenvalue weighted by Gasteiger charge is -2.34. The fourth-order valence-corrected chi connectivity index (χ4v) is 7.91. The van der Waals surface area contributed by atoms with Gasteiger partial charge in [-0.3, -0.25) is 13.9 Å². The number of aromatic nitrogens is 4. The predicted molar refractivity (Wildman–Crippen MR) is 122 cm³/mol. The largest absolute Gasteiger partial charge is 0.490 e. The third-order valence-corrected chi connectivity index (χ3v) is 10.0. The Morgan fingerprint density at radius 1 is 1.08 bits per heavy atom. The molecule has 0 aromatic carbocycles. The van der Waals surface area contributed by atoms with E-state index in [4.69, 9.17) is 28.5 Å². The Kier molecular flexibility index (Phi) is 7.36. The number of phosphoric acid groups is 3. The summed E-state index contributed by atoms with van der Waals surface area (Å²) in [6.45, 7) is 0.870. The summed E-state index contributed by atoms with van der Waals surface area (Å²) < 4.78 is 67.2. The zero-order valence-electron chi connectivity index (χ0n) is 19.7. The average molecular weight is 602 g/mol. The molecule has 1 spiro atoms. The Labute approximate surface area is 213 Å². The maximum Gasteiger partial charge on any atom is 0.490 e. The first-order valence-corrected chi connectivity index (χ1v) is 15.9. The molecule has 2 aromatic heterocycles. The van der Waals surface area contributed by atoms with Gasteiger partial charge in [-0.2, -0.15) is 8.62 Å². The zero-order chi connectivity index (χ0) is 27.5. The van der Waals surface area contributed by atoms with Gasteiger partial charge < -0.3 is 38.8 Å². The molecule has 4 heterocycles. The molecule has 1 aliphatic carbocycles. The lowest BCUT2D eigenvalue weighted by Crippen LogP contribution is -2.37. The van der Waals surface area contributed by atoms with E-state index in [0.29, 0.717) is 18.7 Å². The van der Waals surface area contributed by atoms with Crippen LogP contribution in [0.15, 0.2) is 11.1 Å². The SMILES string of the molecule is Cc1nc2c(ncn2[C@@H]2O[C@H](COP(=O)(O)OP(=O)(O)OP(=O)(O)O)[C@@H]3OC4(CCCCC4)OC32)c(=O)[nH]1. The van der Waals surface area contributed by atoms with Crippen LogP contribution in [-0.2, 0) is 41.1 Å². The summed E-state index contributed by atoms with van der Waals surface area (Å²) in [5.41, 5.74) is -0.201. The maximum atomic E-state index is 12.3. The van der Waals surface area contributed by atoms with Gasteiger partial charge in [0.2, 0.25) is 0 Å². The van der Waals surface area contributed by atoms with E-state index in [1.54, 1.807) is 6.92 Å². The molecule has 21 heteroatoms. The van der Waals surface area contributed by atoms with E-state index in [0.717, 1.165) is 19.3 Å². The monoisotopic (exact) mass is 602 g/mol. The first-order valence-electron chi connectivity index (χ1n) is 11.4. The van der Waals surface area contributed by atoms with E-state index in [-0.39, 0.29) is 11.2 Å². The van der Waals surface area contributed by atoms with Gasteiger partial charge in [-0.25, -0.2) is 23.7 Å². The van der Waals surface area contributed by atoms with Crippen molar-refractivity contribution in [3.05, 3.63) is 22.5 Å². The number of nitrogens with one attached hydrogen (secondary N) is 1. The highest BCUT2D eigenvalue weighted by molar-refractivity contribution is 7.66. The van der Waals surface area contributed by atoms with Gasteiger partial charge in [-0.15, -0.1) is 0 Å². The highest BCUT2D eigenvalue weighted by atomic mass is 31.3. The van der Waals surface area contributed by atoms with Crippen molar-refractivity contribution < 1.29 is 60.6 Å². The number of aryl methyl sites for hydroxylation is 1. The Hall–Kier alpha value is -1.36. The van der Waals surface area contributed by atoms with Crippen LogP contribution in [0.3, 0.4) is 0 Å². The number of hydrogen-bond donors (Lipinski definition) is 5. The smallest absolute Gasteiger partial charge is 0.347 e.